The smallest absolute Gasteiger partial charge is 0.231 e. The second-order valence-corrected chi connectivity index (χ2v) is 10.1. The summed E-state index contributed by atoms with van der Waals surface area (Å²) in [6.07, 6.45) is 9.76. The lowest BCUT2D eigenvalue weighted by molar-refractivity contribution is -0.108. The molecule has 0 radical (unpaired) electrons. The van der Waals surface area contributed by atoms with Crippen LogP contribution in [0.1, 0.15) is 54.3 Å². The summed E-state index contributed by atoms with van der Waals surface area (Å²) in [5, 5.41) is 6.76. The maximum absolute atomic E-state index is 11.3. The Hall–Kier alpha value is -3.13. The minimum Gasteiger partial charge on any atom is -0.454 e. The molecule has 4 heterocycles. The number of aldehydes is 1. The van der Waals surface area contributed by atoms with E-state index in [4.69, 9.17) is 14.5 Å². The van der Waals surface area contributed by atoms with Crippen molar-refractivity contribution >= 4 is 29.1 Å². The lowest BCUT2D eigenvalue weighted by Gasteiger charge is -2.18. The molecule has 0 amide bonds. The van der Waals surface area contributed by atoms with Gasteiger partial charge in [0.1, 0.15) is 12.1 Å². The molecule has 1 aromatic carbocycles. The van der Waals surface area contributed by atoms with E-state index in [0.717, 1.165) is 85.2 Å². The third-order valence-corrected chi connectivity index (χ3v) is 7.60. The van der Waals surface area contributed by atoms with Crippen molar-refractivity contribution in [1.29, 1.82) is 0 Å². The number of unbranched alkanes of at least 4 members (excludes halogenated alkanes) is 1. The van der Waals surface area contributed by atoms with Crippen LogP contribution in [0.2, 0.25) is 0 Å². The lowest BCUT2D eigenvalue weighted by Crippen LogP contribution is -2.17. The largest absolute Gasteiger partial charge is 0.454 e. The van der Waals surface area contributed by atoms with E-state index < -0.39 is 0 Å². The summed E-state index contributed by atoms with van der Waals surface area (Å²) >= 11 is 1.71. The molecule has 184 valence electrons. The number of aryl methyl sites for hydroxylation is 1. The van der Waals surface area contributed by atoms with E-state index in [1.807, 2.05) is 24.4 Å². The first kappa shape index (κ1) is 23.6. The normalized spacial score (nSPS) is 15.4. The fourth-order valence-corrected chi connectivity index (χ4v) is 5.59. The highest BCUT2D eigenvalue weighted by atomic mass is 32.1. The van der Waals surface area contributed by atoms with Crippen molar-refractivity contribution in [2.24, 2.45) is 0 Å². The molecule has 3 aromatic rings. The number of nitrogens with one attached hydrogen (secondary N) is 1. The number of carbonyl (C=O) groups excluding carboxylic acids is 1. The van der Waals surface area contributed by atoms with Crippen molar-refractivity contribution in [1.82, 2.24) is 9.97 Å². The van der Waals surface area contributed by atoms with Gasteiger partial charge < -0.3 is 24.5 Å². The fourth-order valence-electron chi connectivity index (χ4n) is 4.74. The summed E-state index contributed by atoms with van der Waals surface area (Å²) in [5.74, 6) is 2.56. The number of nitrogens with zero attached hydrogens (tertiary/aromatic N) is 3. The Kier molecular flexibility index (Phi) is 7.78. The number of thiazole rings is 1. The van der Waals surface area contributed by atoms with E-state index in [0.29, 0.717) is 6.42 Å². The van der Waals surface area contributed by atoms with E-state index in [2.05, 4.69) is 32.7 Å². The molecule has 1 atom stereocenters. The van der Waals surface area contributed by atoms with Gasteiger partial charge in [-0.3, -0.25) is 0 Å². The van der Waals surface area contributed by atoms with Crippen LogP contribution in [0.15, 0.2) is 41.9 Å². The number of hydrogen-bond donors (Lipinski definition) is 1. The van der Waals surface area contributed by atoms with Gasteiger partial charge in [-0.15, -0.1) is 11.3 Å². The second-order valence-electron chi connectivity index (χ2n) is 9.13. The van der Waals surface area contributed by atoms with Crippen LogP contribution >= 0.6 is 11.3 Å². The molecule has 1 fully saturated rings. The van der Waals surface area contributed by atoms with Gasteiger partial charge in [-0.05, 0) is 68.2 Å². The van der Waals surface area contributed by atoms with Crippen molar-refractivity contribution < 1.29 is 14.3 Å². The van der Waals surface area contributed by atoms with Gasteiger partial charge in [0, 0.05) is 49.4 Å². The van der Waals surface area contributed by atoms with E-state index in [1.54, 1.807) is 11.3 Å². The average Bonchev–Trinajstić information content (AvgIpc) is 3.65. The van der Waals surface area contributed by atoms with Crippen LogP contribution in [0.25, 0.3) is 0 Å². The first-order valence-electron chi connectivity index (χ1n) is 12.5. The molecular weight excluding hydrogens is 460 g/mol. The van der Waals surface area contributed by atoms with Gasteiger partial charge in [-0.1, -0.05) is 6.07 Å². The molecule has 0 bridgehead atoms. The summed E-state index contributed by atoms with van der Waals surface area (Å²) in [5.41, 5.74) is 3.41. The van der Waals surface area contributed by atoms with E-state index >= 15 is 0 Å². The third kappa shape index (κ3) is 6.11. The van der Waals surface area contributed by atoms with Crippen LogP contribution in [0, 0.1) is 0 Å². The Morgan fingerprint density at radius 2 is 2.00 bits per heavy atom. The van der Waals surface area contributed by atoms with Gasteiger partial charge in [-0.25, -0.2) is 9.97 Å². The van der Waals surface area contributed by atoms with Gasteiger partial charge in [0.25, 0.3) is 0 Å². The zero-order valence-electron chi connectivity index (χ0n) is 19.9. The Labute approximate surface area is 210 Å². The second kappa shape index (κ2) is 11.5. The van der Waals surface area contributed by atoms with Crippen LogP contribution in [-0.2, 0) is 17.6 Å². The molecule has 8 heteroatoms. The monoisotopic (exact) mass is 492 g/mol. The summed E-state index contributed by atoms with van der Waals surface area (Å²) in [6.45, 7) is 3.45. The third-order valence-electron chi connectivity index (χ3n) is 6.64. The van der Waals surface area contributed by atoms with Crippen LogP contribution in [0.4, 0.5) is 11.5 Å². The SMILES string of the molecule is O=CCC(Cc1csc(CCCCNc2cc(N3CCCC3)ccn2)n1)c1ccc2c(c1)OCO2. The standard InChI is InChI=1S/C27H32N4O3S/c32-14-9-21(20-6-7-24-25(16-20)34-19-33-24)15-22-18-35-27(30-22)5-1-2-10-28-26-17-23(8-11-29-26)31-12-3-4-13-31/h6-8,11,14,16-18,21H,1-5,9-10,12-13,15,19H2,(H,28,29). The van der Waals surface area contributed by atoms with Crippen molar-refractivity contribution in [3.63, 3.8) is 0 Å². The van der Waals surface area contributed by atoms with Crippen LogP contribution in [0.5, 0.6) is 11.5 Å². The van der Waals surface area contributed by atoms with Crippen LogP contribution in [0.3, 0.4) is 0 Å². The van der Waals surface area contributed by atoms with Gasteiger partial charge in [0.2, 0.25) is 6.79 Å². The maximum atomic E-state index is 11.3. The van der Waals surface area contributed by atoms with Crippen molar-refractivity contribution in [2.75, 3.05) is 36.6 Å². The highest BCUT2D eigenvalue weighted by Gasteiger charge is 2.19. The van der Waals surface area contributed by atoms with E-state index in [9.17, 15) is 4.79 Å². The van der Waals surface area contributed by atoms with Gasteiger partial charge in [0.15, 0.2) is 11.5 Å². The predicted molar refractivity (Wildman–Crippen MR) is 139 cm³/mol. The van der Waals surface area contributed by atoms with Crippen molar-refractivity contribution in [3.8, 4) is 11.5 Å². The van der Waals surface area contributed by atoms with E-state index in [1.165, 1.54) is 18.5 Å². The van der Waals surface area contributed by atoms with Crippen molar-refractivity contribution in [2.45, 2.75) is 50.9 Å². The quantitative estimate of drug-likeness (QED) is 0.274. The molecular formula is C27H32N4O3S. The molecule has 0 aliphatic carbocycles. The molecule has 1 unspecified atom stereocenters. The molecule has 5 rings (SSSR count). The number of ether oxygens (including phenoxy) is 2. The highest BCUT2D eigenvalue weighted by molar-refractivity contribution is 7.09. The fraction of sp³-hybridized carbons (Fsp3) is 0.444. The topological polar surface area (TPSA) is 76.6 Å². The Morgan fingerprint density at radius 1 is 1.11 bits per heavy atom. The molecule has 0 saturated carbocycles. The van der Waals surface area contributed by atoms with Gasteiger partial charge >= 0.3 is 0 Å². The summed E-state index contributed by atoms with van der Waals surface area (Å²) < 4.78 is 10.9. The molecule has 35 heavy (non-hydrogen) atoms. The highest BCUT2D eigenvalue weighted by Crippen LogP contribution is 2.36. The zero-order chi connectivity index (χ0) is 23.9. The molecule has 2 aliphatic rings. The number of aromatic nitrogens is 2. The molecule has 1 saturated heterocycles. The number of fused-ring (bicyclic) bond motifs is 1. The van der Waals surface area contributed by atoms with E-state index in [-0.39, 0.29) is 12.7 Å². The Bertz CT molecular complexity index is 1130. The first-order valence-corrected chi connectivity index (χ1v) is 13.4. The van der Waals surface area contributed by atoms with Crippen LogP contribution in [-0.4, -0.2) is 42.7 Å². The number of anilines is 2. The number of pyridine rings is 1. The predicted octanol–water partition coefficient (Wildman–Crippen LogP) is 5.22. The minimum atomic E-state index is 0.0879. The average molecular weight is 493 g/mol. The summed E-state index contributed by atoms with van der Waals surface area (Å²) in [4.78, 5) is 23.1. The molecule has 7 nitrogen and oxygen atoms in total. The summed E-state index contributed by atoms with van der Waals surface area (Å²) in [6, 6.07) is 10.2. The first-order chi connectivity index (χ1) is 17.3. The Balaban J connectivity index is 1.08. The Morgan fingerprint density at radius 3 is 2.89 bits per heavy atom. The molecule has 1 N–H and O–H groups in total. The summed E-state index contributed by atoms with van der Waals surface area (Å²) in [7, 11) is 0. The number of hydrogen-bond acceptors (Lipinski definition) is 8. The number of benzene rings is 1. The van der Waals surface area contributed by atoms with Gasteiger partial charge in [-0.2, -0.15) is 0 Å². The zero-order valence-corrected chi connectivity index (χ0v) is 20.8. The van der Waals surface area contributed by atoms with Crippen LogP contribution < -0.4 is 19.7 Å². The molecule has 0 spiro atoms. The molecule has 2 aromatic heterocycles. The number of carbonyl (C=O) groups is 1. The minimum absolute atomic E-state index is 0.0879. The molecule has 2 aliphatic heterocycles. The number of rotatable bonds is 12. The maximum Gasteiger partial charge on any atom is 0.231 e. The van der Waals surface area contributed by atoms with Crippen molar-refractivity contribution in [3.05, 3.63) is 58.2 Å². The van der Waals surface area contributed by atoms with Gasteiger partial charge in [0.05, 0.1) is 10.7 Å². The lowest BCUT2D eigenvalue weighted by atomic mass is 9.91.